The smallest absolute Gasteiger partial charge is 0.239 e. The molecule has 0 aromatic heterocycles. The van der Waals surface area contributed by atoms with Gasteiger partial charge in [0, 0.05) is 25.8 Å². The van der Waals surface area contributed by atoms with Crippen LogP contribution < -0.4 is 4.90 Å². The van der Waals surface area contributed by atoms with E-state index >= 15 is 0 Å². The first-order valence-electron chi connectivity index (χ1n) is 6.78. The number of benzene rings is 1. The van der Waals surface area contributed by atoms with Crippen LogP contribution in [0.15, 0.2) is 18.2 Å². The first-order chi connectivity index (χ1) is 9.45. The average molecular weight is 278 g/mol. The number of carbonyl (C=O) groups is 2. The zero-order chi connectivity index (χ0) is 14.9. The molecular weight excluding hydrogens is 259 g/mol. The molecular formula is C15H19FN2O2. The van der Waals surface area contributed by atoms with Crippen molar-refractivity contribution in [2.45, 2.75) is 20.3 Å². The monoisotopic (exact) mass is 278 g/mol. The van der Waals surface area contributed by atoms with Gasteiger partial charge in [0.1, 0.15) is 11.7 Å². The highest BCUT2D eigenvalue weighted by molar-refractivity contribution is 6.09. The lowest BCUT2D eigenvalue weighted by atomic mass is 10.1. The number of hydrogen-bond donors (Lipinski definition) is 0. The molecule has 4 nitrogen and oxygen atoms in total. The molecule has 1 aromatic rings. The number of carbonyl (C=O) groups excluding carboxylic acids is 2. The van der Waals surface area contributed by atoms with E-state index < -0.39 is 5.92 Å². The Morgan fingerprint density at radius 2 is 2.20 bits per heavy atom. The maximum atomic E-state index is 13.3. The third-order valence-electron chi connectivity index (χ3n) is 3.81. The molecule has 0 spiro atoms. The number of halogens is 1. The van der Waals surface area contributed by atoms with Gasteiger partial charge in [-0.15, -0.1) is 0 Å². The Hall–Kier alpha value is -1.91. The van der Waals surface area contributed by atoms with Crippen molar-refractivity contribution in [2.75, 3.05) is 25.0 Å². The van der Waals surface area contributed by atoms with Crippen LogP contribution in [0, 0.1) is 18.7 Å². The lowest BCUT2D eigenvalue weighted by molar-refractivity contribution is -0.138. The Labute approximate surface area is 118 Å². The minimum absolute atomic E-state index is 0.140. The molecule has 1 atom stereocenters. The number of aryl methyl sites for hydroxylation is 1. The van der Waals surface area contributed by atoms with Crippen molar-refractivity contribution in [1.29, 1.82) is 0 Å². The summed E-state index contributed by atoms with van der Waals surface area (Å²) < 4.78 is 13.3. The van der Waals surface area contributed by atoms with Crippen LogP contribution in [-0.2, 0) is 9.59 Å². The third-order valence-corrected chi connectivity index (χ3v) is 3.81. The van der Waals surface area contributed by atoms with Crippen LogP contribution in [0.1, 0.15) is 18.9 Å². The van der Waals surface area contributed by atoms with Gasteiger partial charge in [-0.05, 0) is 44.0 Å². The minimum atomic E-state index is -0.606. The molecule has 2 amide bonds. The summed E-state index contributed by atoms with van der Waals surface area (Å²) in [6.07, 6.45) is 0.512. The summed E-state index contributed by atoms with van der Waals surface area (Å²) in [5, 5.41) is 0. The third kappa shape index (κ3) is 2.53. The number of anilines is 1. The molecule has 1 aliphatic heterocycles. The summed E-state index contributed by atoms with van der Waals surface area (Å²) >= 11 is 0. The highest BCUT2D eigenvalue weighted by Gasteiger charge is 2.38. The average Bonchev–Trinajstić information content (AvgIpc) is 2.82. The topological polar surface area (TPSA) is 40.6 Å². The van der Waals surface area contributed by atoms with Gasteiger partial charge in [-0.3, -0.25) is 9.59 Å². The van der Waals surface area contributed by atoms with Crippen molar-refractivity contribution in [3.63, 3.8) is 0 Å². The van der Waals surface area contributed by atoms with Crippen LogP contribution in [0.2, 0.25) is 0 Å². The Morgan fingerprint density at radius 1 is 1.50 bits per heavy atom. The zero-order valence-corrected chi connectivity index (χ0v) is 12.0. The van der Waals surface area contributed by atoms with Gasteiger partial charge in [0.2, 0.25) is 11.8 Å². The van der Waals surface area contributed by atoms with E-state index in [0.29, 0.717) is 30.8 Å². The quantitative estimate of drug-likeness (QED) is 0.793. The van der Waals surface area contributed by atoms with Crippen molar-refractivity contribution in [1.82, 2.24) is 4.90 Å². The number of rotatable bonds is 3. The van der Waals surface area contributed by atoms with Gasteiger partial charge in [0.15, 0.2) is 0 Å². The molecule has 108 valence electrons. The van der Waals surface area contributed by atoms with Crippen LogP contribution in [0.4, 0.5) is 10.1 Å². The molecule has 1 heterocycles. The van der Waals surface area contributed by atoms with E-state index in [9.17, 15) is 14.0 Å². The van der Waals surface area contributed by atoms with E-state index in [0.717, 1.165) is 0 Å². The maximum Gasteiger partial charge on any atom is 0.239 e. The van der Waals surface area contributed by atoms with Crippen molar-refractivity contribution >= 4 is 17.5 Å². The fraction of sp³-hybridized carbons (Fsp3) is 0.467. The first kappa shape index (κ1) is 14.5. The second kappa shape index (κ2) is 5.61. The van der Waals surface area contributed by atoms with Crippen LogP contribution in [0.25, 0.3) is 0 Å². The van der Waals surface area contributed by atoms with Gasteiger partial charge in [-0.25, -0.2) is 4.39 Å². The zero-order valence-electron chi connectivity index (χ0n) is 12.0. The lowest BCUT2D eigenvalue weighted by Crippen LogP contribution is -2.37. The van der Waals surface area contributed by atoms with Crippen molar-refractivity contribution in [3.05, 3.63) is 29.6 Å². The van der Waals surface area contributed by atoms with Crippen LogP contribution in [-0.4, -0.2) is 36.9 Å². The molecule has 2 rings (SSSR count). The predicted octanol–water partition coefficient (Wildman–Crippen LogP) is 1.97. The Kier molecular flexibility index (Phi) is 4.06. The van der Waals surface area contributed by atoms with Gasteiger partial charge < -0.3 is 9.80 Å². The predicted molar refractivity (Wildman–Crippen MR) is 74.9 cm³/mol. The van der Waals surface area contributed by atoms with Crippen molar-refractivity contribution in [3.8, 4) is 0 Å². The maximum absolute atomic E-state index is 13.3. The molecule has 1 aliphatic rings. The molecule has 0 N–H and O–H groups in total. The van der Waals surface area contributed by atoms with Gasteiger partial charge in [-0.2, -0.15) is 0 Å². The summed E-state index contributed by atoms with van der Waals surface area (Å²) in [7, 11) is 1.69. The lowest BCUT2D eigenvalue weighted by Gasteiger charge is -2.20. The summed E-state index contributed by atoms with van der Waals surface area (Å²) in [4.78, 5) is 27.6. The normalized spacial score (nSPS) is 18.5. The van der Waals surface area contributed by atoms with E-state index in [1.165, 1.54) is 6.07 Å². The number of amides is 2. The SMILES string of the molecule is CCN(C)C(=O)C1CCN(c2ccc(F)c(C)c2)C1=O. The Bertz CT molecular complexity index is 545. The molecule has 1 unspecified atom stereocenters. The summed E-state index contributed by atoms with van der Waals surface area (Å²) in [6, 6.07) is 4.57. The van der Waals surface area contributed by atoms with Gasteiger partial charge in [-0.1, -0.05) is 0 Å². The van der Waals surface area contributed by atoms with Crippen LogP contribution >= 0.6 is 0 Å². The van der Waals surface area contributed by atoms with E-state index in [-0.39, 0.29) is 17.6 Å². The number of hydrogen-bond acceptors (Lipinski definition) is 2. The molecule has 1 fully saturated rings. The first-order valence-corrected chi connectivity index (χ1v) is 6.78. The van der Waals surface area contributed by atoms with E-state index in [4.69, 9.17) is 0 Å². The highest BCUT2D eigenvalue weighted by Crippen LogP contribution is 2.27. The fourth-order valence-electron chi connectivity index (χ4n) is 2.38. The van der Waals surface area contributed by atoms with Crippen LogP contribution in [0.3, 0.4) is 0 Å². The van der Waals surface area contributed by atoms with Crippen LogP contribution in [0.5, 0.6) is 0 Å². The summed E-state index contributed by atoms with van der Waals surface area (Å²) in [5.41, 5.74) is 1.15. The molecule has 0 bridgehead atoms. The highest BCUT2D eigenvalue weighted by atomic mass is 19.1. The van der Waals surface area contributed by atoms with E-state index in [1.54, 1.807) is 35.9 Å². The molecule has 1 saturated heterocycles. The standard InChI is InChI=1S/C15H19FN2O2/c1-4-17(3)14(19)12-7-8-18(15(12)20)11-5-6-13(16)10(2)9-11/h5-6,9,12H,4,7-8H2,1-3H3. The molecule has 0 radical (unpaired) electrons. The number of nitrogens with zero attached hydrogens (tertiary/aromatic N) is 2. The second-order valence-electron chi connectivity index (χ2n) is 5.12. The van der Waals surface area contributed by atoms with Crippen molar-refractivity contribution < 1.29 is 14.0 Å². The van der Waals surface area contributed by atoms with Gasteiger partial charge in [0.05, 0.1) is 0 Å². The largest absolute Gasteiger partial charge is 0.345 e. The Morgan fingerprint density at radius 3 is 2.80 bits per heavy atom. The Balaban J connectivity index is 2.19. The molecule has 0 saturated carbocycles. The van der Waals surface area contributed by atoms with Crippen molar-refractivity contribution in [2.24, 2.45) is 5.92 Å². The van der Waals surface area contributed by atoms with Gasteiger partial charge in [0.25, 0.3) is 0 Å². The summed E-state index contributed by atoms with van der Waals surface area (Å²) in [6.45, 7) is 4.61. The van der Waals surface area contributed by atoms with E-state index in [1.807, 2.05) is 6.92 Å². The van der Waals surface area contributed by atoms with E-state index in [2.05, 4.69) is 0 Å². The molecule has 5 heteroatoms. The fourth-order valence-corrected chi connectivity index (χ4v) is 2.38. The second-order valence-corrected chi connectivity index (χ2v) is 5.12. The molecule has 20 heavy (non-hydrogen) atoms. The van der Waals surface area contributed by atoms with Gasteiger partial charge >= 0.3 is 0 Å². The molecule has 1 aromatic carbocycles. The minimum Gasteiger partial charge on any atom is -0.345 e. The molecule has 0 aliphatic carbocycles. The summed E-state index contributed by atoms with van der Waals surface area (Å²) in [5.74, 6) is -1.23.